The molecule has 0 fully saturated rings. The molecule has 0 aliphatic carbocycles. The molecule has 0 amide bonds. The second kappa shape index (κ2) is 3.70. The van der Waals surface area contributed by atoms with Crippen molar-refractivity contribution in [3.8, 4) is 17.5 Å². The summed E-state index contributed by atoms with van der Waals surface area (Å²) in [6.07, 6.45) is 0. The average molecular weight is 171 g/mol. The Hall–Kier alpha value is -1.59. The van der Waals surface area contributed by atoms with E-state index in [0.29, 0.717) is 5.75 Å². The van der Waals surface area contributed by atoms with E-state index in [9.17, 15) is 0 Å². The summed E-state index contributed by atoms with van der Waals surface area (Å²) in [5.74, 6) is 0.851. The van der Waals surface area contributed by atoms with Crippen molar-refractivity contribution in [2.24, 2.45) is 0 Å². The zero-order chi connectivity index (χ0) is 8.97. The van der Waals surface area contributed by atoms with Gasteiger partial charge in [0.05, 0.1) is 21.3 Å². The smallest absolute Gasteiger partial charge is 0.283 e. The van der Waals surface area contributed by atoms with E-state index >= 15 is 0 Å². The molecule has 1 heterocycles. The van der Waals surface area contributed by atoms with Gasteiger partial charge in [-0.25, -0.2) is 0 Å². The summed E-state index contributed by atoms with van der Waals surface area (Å²) < 4.78 is 14.7. The molecule has 6 heteroatoms. The monoisotopic (exact) mass is 171 g/mol. The van der Waals surface area contributed by atoms with Crippen molar-refractivity contribution in [3.63, 3.8) is 0 Å². The van der Waals surface area contributed by atoms with E-state index in [-0.39, 0.29) is 11.8 Å². The molecule has 6 nitrogen and oxygen atoms in total. The van der Waals surface area contributed by atoms with Gasteiger partial charge in [-0.2, -0.15) is 0 Å². The molecule has 0 atom stereocenters. The van der Waals surface area contributed by atoms with E-state index < -0.39 is 0 Å². The van der Waals surface area contributed by atoms with Gasteiger partial charge < -0.3 is 14.2 Å². The van der Waals surface area contributed by atoms with Crippen molar-refractivity contribution >= 4 is 0 Å². The van der Waals surface area contributed by atoms with E-state index in [4.69, 9.17) is 14.2 Å². The van der Waals surface area contributed by atoms with E-state index in [0.717, 1.165) is 0 Å². The third-order valence-electron chi connectivity index (χ3n) is 1.25. The van der Waals surface area contributed by atoms with Gasteiger partial charge in [-0.3, -0.25) is 0 Å². The van der Waals surface area contributed by atoms with Crippen LogP contribution in [0, 0.1) is 0 Å². The number of hydrogen-bond acceptors (Lipinski definition) is 6. The molecule has 0 unspecified atom stereocenters. The minimum atomic E-state index is 0.254. The molecule has 0 aliphatic rings. The molecule has 0 aromatic carbocycles. The first-order valence-corrected chi connectivity index (χ1v) is 3.18. The Morgan fingerprint density at radius 2 is 1.33 bits per heavy atom. The second-order valence-electron chi connectivity index (χ2n) is 1.84. The molecule has 1 rings (SSSR count). The SMILES string of the molecule is COc1nnnc(OC)c1OC. The Morgan fingerprint density at radius 1 is 0.833 bits per heavy atom. The lowest BCUT2D eigenvalue weighted by atomic mass is 10.5. The number of rotatable bonds is 3. The Balaban J connectivity index is 3.13. The van der Waals surface area contributed by atoms with Crippen LogP contribution in [0.25, 0.3) is 0 Å². The standard InChI is InChI=1S/C6H9N3O3/c1-10-4-5(11-2)7-9-8-6(4)12-3/h1-3H3. The molecule has 0 saturated heterocycles. The Bertz CT molecular complexity index is 244. The minimum Gasteiger partial charge on any atom is -0.487 e. The third-order valence-corrected chi connectivity index (χ3v) is 1.25. The van der Waals surface area contributed by atoms with Crippen molar-refractivity contribution in [1.82, 2.24) is 15.4 Å². The van der Waals surface area contributed by atoms with Crippen molar-refractivity contribution in [1.29, 1.82) is 0 Å². The van der Waals surface area contributed by atoms with Crippen LogP contribution in [0.4, 0.5) is 0 Å². The molecule has 0 spiro atoms. The lowest BCUT2D eigenvalue weighted by molar-refractivity contribution is 0.298. The molecule has 1 aromatic heterocycles. The first-order chi connectivity index (χ1) is 5.83. The quantitative estimate of drug-likeness (QED) is 0.632. The van der Waals surface area contributed by atoms with Gasteiger partial charge in [-0.1, -0.05) is 10.2 Å². The fraction of sp³-hybridized carbons (Fsp3) is 0.500. The molecule has 12 heavy (non-hydrogen) atoms. The Labute approximate surface area is 69.5 Å². The Kier molecular flexibility index (Phi) is 2.62. The molecule has 0 bridgehead atoms. The summed E-state index contributed by atoms with van der Waals surface area (Å²) in [5.41, 5.74) is 0. The van der Waals surface area contributed by atoms with Crippen LogP contribution in [0.3, 0.4) is 0 Å². The molecule has 0 radical (unpaired) electrons. The largest absolute Gasteiger partial charge is 0.487 e. The Morgan fingerprint density at radius 3 is 1.67 bits per heavy atom. The third kappa shape index (κ3) is 1.36. The predicted octanol–water partition coefficient (Wildman–Crippen LogP) is -0.103. The van der Waals surface area contributed by atoms with Crippen molar-refractivity contribution in [3.05, 3.63) is 0 Å². The number of hydrogen-bond donors (Lipinski definition) is 0. The summed E-state index contributed by atoms with van der Waals surface area (Å²) in [5, 5.41) is 10.6. The zero-order valence-electron chi connectivity index (χ0n) is 7.07. The van der Waals surface area contributed by atoms with E-state index in [1.54, 1.807) is 0 Å². The maximum atomic E-state index is 4.94. The molecule has 0 N–H and O–H groups in total. The summed E-state index contributed by atoms with van der Waals surface area (Å²) in [6.45, 7) is 0. The van der Waals surface area contributed by atoms with Crippen LogP contribution in [0.5, 0.6) is 17.5 Å². The lowest BCUT2D eigenvalue weighted by Gasteiger charge is -2.06. The van der Waals surface area contributed by atoms with Crippen LogP contribution in [-0.4, -0.2) is 36.7 Å². The highest BCUT2D eigenvalue weighted by Gasteiger charge is 2.13. The topological polar surface area (TPSA) is 66.4 Å². The van der Waals surface area contributed by atoms with E-state index in [1.807, 2.05) is 0 Å². The molecular weight excluding hydrogens is 162 g/mol. The molecule has 0 aliphatic heterocycles. The maximum Gasteiger partial charge on any atom is 0.283 e. The fourth-order valence-electron chi connectivity index (χ4n) is 0.728. The molecular formula is C6H9N3O3. The highest BCUT2D eigenvalue weighted by atomic mass is 16.5. The highest BCUT2D eigenvalue weighted by molar-refractivity contribution is 5.40. The summed E-state index contributed by atoms with van der Waals surface area (Å²) >= 11 is 0. The lowest BCUT2D eigenvalue weighted by Crippen LogP contribution is -2.01. The van der Waals surface area contributed by atoms with Crippen molar-refractivity contribution in [2.75, 3.05) is 21.3 Å². The second-order valence-corrected chi connectivity index (χ2v) is 1.84. The van der Waals surface area contributed by atoms with Crippen molar-refractivity contribution < 1.29 is 14.2 Å². The molecule has 0 saturated carbocycles. The number of aromatic nitrogens is 3. The van der Waals surface area contributed by atoms with Gasteiger partial charge in [0.1, 0.15) is 0 Å². The van der Waals surface area contributed by atoms with Gasteiger partial charge in [0, 0.05) is 0 Å². The highest BCUT2D eigenvalue weighted by Crippen LogP contribution is 2.30. The summed E-state index contributed by atoms with van der Waals surface area (Å²) in [4.78, 5) is 0. The number of nitrogens with zero attached hydrogens (tertiary/aromatic N) is 3. The summed E-state index contributed by atoms with van der Waals surface area (Å²) in [6, 6.07) is 0. The van der Waals surface area contributed by atoms with E-state index in [1.165, 1.54) is 21.3 Å². The minimum absolute atomic E-state index is 0.254. The molecule has 66 valence electrons. The average Bonchev–Trinajstić information content (AvgIpc) is 2.16. The summed E-state index contributed by atoms with van der Waals surface area (Å²) in [7, 11) is 4.40. The van der Waals surface area contributed by atoms with Crippen LogP contribution < -0.4 is 14.2 Å². The van der Waals surface area contributed by atoms with Crippen LogP contribution >= 0.6 is 0 Å². The normalized spacial score (nSPS) is 9.25. The van der Waals surface area contributed by atoms with Gasteiger partial charge in [0.2, 0.25) is 5.75 Å². The first-order valence-electron chi connectivity index (χ1n) is 3.18. The zero-order valence-corrected chi connectivity index (χ0v) is 7.07. The fourth-order valence-corrected chi connectivity index (χ4v) is 0.728. The van der Waals surface area contributed by atoms with Crippen LogP contribution in [0.1, 0.15) is 0 Å². The maximum absolute atomic E-state index is 4.94. The van der Waals surface area contributed by atoms with Gasteiger partial charge >= 0.3 is 0 Å². The number of methoxy groups -OCH3 is 3. The van der Waals surface area contributed by atoms with E-state index in [2.05, 4.69) is 15.4 Å². The van der Waals surface area contributed by atoms with Crippen LogP contribution in [0.15, 0.2) is 0 Å². The van der Waals surface area contributed by atoms with Crippen LogP contribution in [0.2, 0.25) is 0 Å². The van der Waals surface area contributed by atoms with Gasteiger partial charge in [0.15, 0.2) is 0 Å². The van der Waals surface area contributed by atoms with Gasteiger partial charge in [0.25, 0.3) is 11.8 Å². The predicted molar refractivity (Wildman–Crippen MR) is 39.5 cm³/mol. The molecule has 1 aromatic rings. The van der Waals surface area contributed by atoms with Crippen molar-refractivity contribution in [2.45, 2.75) is 0 Å². The first kappa shape index (κ1) is 8.51. The van der Waals surface area contributed by atoms with Gasteiger partial charge in [-0.15, -0.1) is 0 Å². The van der Waals surface area contributed by atoms with Gasteiger partial charge in [-0.05, 0) is 5.21 Å². The van der Waals surface area contributed by atoms with Crippen LogP contribution in [-0.2, 0) is 0 Å². The number of ether oxygens (including phenoxy) is 3.